The van der Waals surface area contributed by atoms with Gasteiger partial charge in [0.15, 0.2) is 11.5 Å². The second-order valence-electron chi connectivity index (χ2n) is 5.65. The predicted octanol–water partition coefficient (Wildman–Crippen LogP) is 3.46. The van der Waals surface area contributed by atoms with E-state index in [0.717, 1.165) is 11.3 Å². The van der Waals surface area contributed by atoms with Crippen molar-refractivity contribution in [1.82, 2.24) is 10.2 Å². The molecule has 0 saturated heterocycles. The molecule has 0 unspecified atom stereocenters. The number of fused-ring (bicyclic) bond motifs is 1. The lowest BCUT2D eigenvalue weighted by atomic mass is 10.1. The first-order valence-corrected chi connectivity index (χ1v) is 8.22. The van der Waals surface area contributed by atoms with Crippen LogP contribution in [0.2, 0.25) is 0 Å². The lowest BCUT2D eigenvalue weighted by Gasteiger charge is -2.04. The Hall–Kier alpha value is -3.48. The number of aromatic nitrogens is 2. The number of H-pyrrole nitrogens is 1. The van der Waals surface area contributed by atoms with Gasteiger partial charge in [0.2, 0.25) is 6.79 Å². The third kappa shape index (κ3) is 3.19. The summed E-state index contributed by atoms with van der Waals surface area (Å²) in [5.74, 6) is 1.80. The molecule has 0 saturated carbocycles. The van der Waals surface area contributed by atoms with Gasteiger partial charge in [0.1, 0.15) is 11.4 Å². The molecule has 3 aromatic rings. The van der Waals surface area contributed by atoms with Crippen LogP contribution in [-0.4, -0.2) is 29.5 Å². The smallest absolute Gasteiger partial charge is 0.273 e. The second-order valence-corrected chi connectivity index (χ2v) is 5.65. The van der Waals surface area contributed by atoms with Gasteiger partial charge in [-0.3, -0.25) is 9.89 Å². The molecule has 4 rings (SSSR count). The Morgan fingerprint density at radius 1 is 1.15 bits per heavy atom. The summed E-state index contributed by atoms with van der Waals surface area (Å²) in [7, 11) is 0. The summed E-state index contributed by atoms with van der Waals surface area (Å²) in [4.78, 5) is 12.4. The summed E-state index contributed by atoms with van der Waals surface area (Å²) in [6.45, 7) is 2.75. The molecule has 1 aliphatic heterocycles. The van der Waals surface area contributed by atoms with Crippen molar-refractivity contribution in [3.05, 3.63) is 54.2 Å². The van der Waals surface area contributed by atoms with Crippen molar-refractivity contribution in [2.75, 3.05) is 18.7 Å². The van der Waals surface area contributed by atoms with Crippen molar-refractivity contribution in [3.8, 4) is 28.5 Å². The number of aromatic amines is 1. The number of ether oxygens (including phenoxy) is 3. The summed E-state index contributed by atoms with van der Waals surface area (Å²) >= 11 is 0. The van der Waals surface area contributed by atoms with Crippen molar-refractivity contribution in [2.24, 2.45) is 0 Å². The highest BCUT2D eigenvalue weighted by Crippen LogP contribution is 2.34. The number of nitrogens with zero attached hydrogens (tertiary/aromatic N) is 1. The van der Waals surface area contributed by atoms with Gasteiger partial charge in [0, 0.05) is 17.3 Å². The van der Waals surface area contributed by atoms with Gasteiger partial charge in [-0.2, -0.15) is 5.10 Å². The van der Waals surface area contributed by atoms with E-state index >= 15 is 0 Å². The number of rotatable bonds is 5. The number of amides is 1. The lowest BCUT2D eigenvalue weighted by molar-refractivity contribution is 0.102. The van der Waals surface area contributed by atoms with Crippen LogP contribution in [0.5, 0.6) is 17.2 Å². The van der Waals surface area contributed by atoms with Gasteiger partial charge in [0.05, 0.1) is 12.3 Å². The number of benzene rings is 2. The van der Waals surface area contributed by atoms with E-state index in [1.54, 1.807) is 24.3 Å². The first-order valence-electron chi connectivity index (χ1n) is 8.22. The fraction of sp³-hybridized carbons (Fsp3) is 0.158. The molecular weight excluding hydrogens is 334 g/mol. The highest BCUT2D eigenvalue weighted by atomic mass is 16.7. The van der Waals surface area contributed by atoms with Gasteiger partial charge in [-0.25, -0.2) is 0 Å². The minimum Gasteiger partial charge on any atom is -0.494 e. The second kappa shape index (κ2) is 6.79. The SMILES string of the molecule is CCOc1ccc(-c2cc(C(=O)Nc3ccc4c(c3)OCO4)[nH]n2)cc1. The molecule has 1 amide bonds. The Labute approximate surface area is 149 Å². The average Bonchev–Trinajstić information content (AvgIpc) is 3.32. The van der Waals surface area contributed by atoms with Crippen LogP contribution in [0, 0.1) is 0 Å². The molecule has 132 valence electrons. The Balaban J connectivity index is 1.47. The maximum atomic E-state index is 12.4. The largest absolute Gasteiger partial charge is 0.494 e. The summed E-state index contributed by atoms with van der Waals surface area (Å²) in [5, 5.41) is 9.79. The molecule has 0 atom stereocenters. The molecule has 7 heteroatoms. The fourth-order valence-corrected chi connectivity index (χ4v) is 2.65. The van der Waals surface area contributed by atoms with E-state index in [-0.39, 0.29) is 12.7 Å². The van der Waals surface area contributed by atoms with E-state index in [4.69, 9.17) is 14.2 Å². The predicted molar refractivity (Wildman–Crippen MR) is 95.7 cm³/mol. The van der Waals surface area contributed by atoms with E-state index in [0.29, 0.717) is 35.2 Å². The maximum absolute atomic E-state index is 12.4. The normalized spacial score (nSPS) is 12.0. The molecule has 0 spiro atoms. The van der Waals surface area contributed by atoms with Crippen LogP contribution in [0.3, 0.4) is 0 Å². The van der Waals surface area contributed by atoms with Crippen LogP contribution < -0.4 is 19.5 Å². The molecular formula is C19H17N3O4. The highest BCUT2D eigenvalue weighted by molar-refractivity contribution is 6.03. The van der Waals surface area contributed by atoms with Crippen molar-refractivity contribution in [1.29, 1.82) is 0 Å². The van der Waals surface area contributed by atoms with E-state index in [9.17, 15) is 4.79 Å². The van der Waals surface area contributed by atoms with Crippen LogP contribution >= 0.6 is 0 Å². The topological polar surface area (TPSA) is 85.5 Å². The van der Waals surface area contributed by atoms with Crippen molar-refractivity contribution in [2.45, 2.75) is 6.92 Å². The minimum absolute atomic E-state index is 0.193. The van der Waals surface area contributed by atoms with Gasteiger partial charge in [-0.1, -0.05) is 0 Å². The van der Waals surface area contributed by atoms with Crippen molar-refractivity contribution < 1.29 is 19.0 Å². The quantitative estimate of drug-likeness (QED) is 0.735. The number of carbonyl (C=O) groups is 1. The van der Waals surface area contributed by atoms with Crippen molar-refractivity contribution in [3.63, 3.8) is 0 Å². The molecule has 1 aromatic heterocycles. The molecule has 0 bridgehead atoms. The summed E-state index contributed by atoms with van der Waals surface area (Å²) in [5.41, 5.74) is 2.57. The van der Waals surface area contributed by atoms with Gasteiger partial charge >= 0.3 is 0 Å². The van der Waals surface area contributed by atoms with Gasteiger partial charge in [-0.05, 0) is 49.4 Å². The zero-order chi connectivity index (χ0) is 17.9. The first-order chi connectivity index (χ1) is 12.7. The average molecular weight is 351 g/mol. The van der Waals surface area contributed by atoms with Crippen LogP contribution in [0.1, 0.15) is 17.4 Å². The third-order valence-corrected chi connectivity index (χ3v) is 3.91. The van der Waals surface area contributed by atoms with Crippen LogP contribution in [0.15, 0.2) is 48.5 Å². The summed E-state index contributed by atoms with van der Waals surface area (Å²) in [6, 6.07) is 14.5. The Morgan fingerprint density at radius 2 is 1.96 bits per heavy atom. The summed E-state index contributed by atoms with van der Waals surface area (Å²) in [6.07, 6.45) is 0. The van der Waals surface area contributed by atoms with E-state index in [1.165, 1.54) is 0 Å². The zero-order valence-electron chi connectivity index (χ0n) is 14.1. The first kappa shape index (κ1) is 16.0. The molecule has 2 aromatic carbocycles. The lowest BCUT2D eigenvalue weighted by Crippen LogP contribution is -2.12. The molecule has 2 N–H and O–H groups in total. The van der Waals surface area contributed by atoms with Crippen LogP contribution in [0.25, 0.3) is 11.3 Å². The molecule has 0 aliphatic carbocycles. The molecule has 0 radical (unpaired) electrons. The van der Waals surface area contributed by atoms with Gasteiger partial charge in [0.25, 0.3) is 5.91 Å². The number of hydrogen-bond donors (Lipinski definition) is 2. The fourth-order valence-electron chi connectivity index (χ4n) is 2.65. The zero-order valence-corrected chi connectivity index (χ0v) is 14.1. The van der Waals surface area contributed by atoms with Crippen LogP contribution in [0.4, 0.5) is 5.69 Å². The summed E-state index contributed by atoms with van der Waals surface area (Å²) < 4.78 is 16.0. The van der Waals surface area contributed by atoms with Gasteiger partial charge in [-0.15, -0.1) is 0 Å². The Bertz CT molecular complexity index is 934. The maximum Gasteiger partial charge on any atom is 0.273 e. The number of anilines is 1. The molecule has 1 aliphatic rings. The van der Waals surface area contributed by atoms with Crippen LogP contribution in [-0.2, 0) is 0 Å². The number of nitrogens with one attached hydrogen (secondary N) is 2. The van der Waals surface area contributed by atoms with Crippen molar-refractivity contribution >= 4 is 11.6 Å². The highest BCUT2D eigenvalue weighted by Gasteiger charge is 2.16. The van der Waals surface area contributed by atoms with E-state index in [2.05, 4.69) is 15.5 Å². The van der Waals surface area contributed by atoms with E-state index < -0.39 is 0 Å². The molecule has 2 heterocycles. The Kier molecular flexibility index (Phi) is 4.18. The third-order valence-electron chi connectivity index (χ3n) is 3.91. The van der Waals surface area contributed by atoms with Gasteiger partial charge < -0.3 is 19.5 Å². The monoisotopic (exact) mass is 351 g/mol. The number of hydrogen-bond acceptors (Lipinski definition) is 5. The Morgan fingerprint density at radius 3 is 2.77 bits per heavy atom. The minimum atomic E-state index is -0.284. The number of carbonyl (C=O) groups excluding carboxylic acids is 1. The molecule has 0 fully saturated rings. The molecule has 7 nitrogen and oxygen atoms in total. The molecule has 26 heavy (non-hydrogen) atoms. The van der Waals surface area contributed by atoms with E-state index in [1.807, 2.05) is 31.2 Å². The standard InChI is InChI=1S/C19H17N3O4/c1-2-24-14-6-3-12(4-7-14)15-10-16(22-21-15)19(23)20-13-5-8-17-18(9-13)26-11-25-17/h3-10H,2,11H2,1H3,(H,20,23)(H,21,22).